The van der Waals surface area contributed by atoms with Gasteiger partial charge in [-0.15, -0.1) is 0 Å². The van der Waals surface area contributed by atoms with Gasteiger partial charge in [-0.1, -0.05) is 18.2 Å². The number of nitrogens with zero attached hydrogens (tertiary/aromatic N) is 1. The first kappa shape index (κ1) is 20.0. The van der Waals surface area contributed by atoms with Crippen molar-refractivity contribution in [2.24, 2.45) is 0 Å². The zero-order valence-electron chi connectivity index (χ0n) is 16.2. The van der Waals surface area contributed by atoms with Crippen molar-refractivity contribution in [3.05, 3.63) is 52.8 Å². The van der Waals surface area contributed by atoms with Gasteiger partial charge < -0.3 is 25.4 Å². The van der Waals surface area contributed by atoms with Crippen LogP contribution in [0.5, 0.6) is 11.5 Å². The minimum atomic E-state index is -0.315. The number of fused-ring (bicyclic) bond motifs is 1. The highest BCUT2D eigenvalue weighted by molar-refractivity contribution is 5.91. The van der Waals surface area contributed by atoms with Gasteiger partial charge in [-0.3, -0.25) is 4.79 Å². The van der Waals surface area contributed by atoms with E-state index in [1.54, 1.807) is 31.4 Å². The van der Waals surface area contributed by atoms with Gasteiger partial charge in [0.05, 0.1) is 19.6 Å². The molecule has 0 aliphatic heterocycles. The molecule has 0 unspecified atom stereocenters. The predicted molar refractivity (Wildman–Crippen MR) is 112 cm³/mol. The molecule has 9 nitrogen and oxygen atoms in total. The van der Waals surface area contributed by atoms with Crippen molar-refractivity contribution in [3.8, 4) is 11.5 Å². The average Bonchev–Trinajstić information content (AvgIpc) is 2.75. The maximum absolute atomic E-state index is 12.0. The molecule has 0 saturated carbocycles. The first-order valence-corrected chi connectivity index (χ1v) is 9.10. The molecule has 2 amide bonds. The van der Waals surface area contributed by atoms with Crippen LogP contribution in [0.3, 0.4) is 0 Å². The van der Waals surface area contributed by atoms with Crippen LogP contribution in [0.4, 0.5) is 16.3 Å². The topological polar surface area (TPSA) is 117 Å². The predicted octanol–water partition coefficient (Wildman–Crippen LogP) is 2.56. The van der Waals surface area contributed by atoms with Gasteiger partial charge in [0.2, 0.25) is 0 Å². The molecule has 2 aromatic carbocycles. The number of H-pyrrole nitrogens is 1. The summed E-state index contributed by atoms with van der Waals surface area (Å²) in [5.74, 6) is 1.73. The molecule has 152 valence electrons. The SMILES string of the molecule is COc1ccc(NC(=O)NCCCNc2n[nH]c(=O)c3ccccc23)cc1OC. The van der Waals surface area contributed by atoms with Crippen molar-refractivity contribution in [2.45, 2.75) is 6.42 Å². The summed E-state index contributed by atoms with van der Waals surface area (Å²) in [6.07, 6.45) is 0.675. The van der Waals surface area contributed by atoms with E-state index in [1.807, 2.05) is 18.2 Å². The summed E-state index contributed by atoms with van der Waals surface area (Å²) in [5, 5.41) is 16.6. The van der Waals surface area contributed by atoms with Crippen molar-refractivity contribution in [2.75, 3.05) is 37.9 Å². The third kappa shape index (κ3) is 4.95. The van der Waals surface area contributed by atoms with E-state index in [0.717, 1.165) is 5.39 Å². The summed E-state index contributed by atoms with van der Waals surface area (Å²) in [7, 11) is 3.09. The van der Waals surface area contributed by atoms with Gasteiger partial charge in [-0.05, 0) is 24.6 Å². The minimum Gasteiger partial charge on any atom is -0.493 e. The number of nitrogens with one attached hydrogen (secondary N) is 4. The third-order valence-corrected chi connectivity index (χ3v) is 4.27. The molecule has 4 N–H and O–H groups in total. The molecule has 3 aromatic rings. The normalized spacial score (nSPS) is 10.4. The van der Waals surface area contributed by atoms with E-state index in [9.17, 15) is 9.59 Å². The van der Waals surface area contributed by atoms with E-state index < -0.39 is 0 Å². The van der Waals surface area contributed by atoms with E-state index in [-0.39, 0.29) is 11.6 Å². The number of rotatable bonds is 8. The van der Waals surface area contributed by atoms with Crippen LogP contribution in [0.25, 0.3) is 10.8 Å². The van der Waals surface area contributed by atoms with Gasteiger partial charge >= 0.3 is 6.03 Å². The Morgan fingerprint density at radius 3 is 2.55 bits per heavy atom. The summed E-state index contributed by atoms with van der Waals surface area (Å²) in [6, 6.07) is 12.1. The number of benzene rings is 2. The Hall–Kier alpha value is -3.75. The van der Waals surface area contributed by atoms with Crippen molar-refractivity contribution >= 4 is 28.3 Å². The minimum absolute atomic E-state index is 0.223. The van der Waals surface area contributed by atoms with Crippen LogP contribution in [-0.4, -0.2) is 43.5 Å². The molecule has 9 heteroatoms. The largest absolute Gasteiger partial charge is 0.493 e. The second-order valence-electron chi connectivity index (χ2n) is 6.18. The standard InChI is InChI=1S/C20H23N5O4/c1-28-16-9-8-13(12-17(16)29-2)23-20(27)22-11-5-10-21-18-14-6-3-4-7-15(14)19(26)25-24-18/h3-4,6-9,12H,5,10-11H2,1-2H3,(H,21,24)(H,25,26)(H2,22,23,27). The number of aromatic amines is 1. The van der Waals surface area contributed by atoms with E-state index in [2.05, 4.69) is 26.1 Å². The van der Waals surface area contributed by atoms with Gasteiger partial charge in [-0.25, -0.2) is 9.89 Å². The zero-order valence-corrected chi connectivity index (χ0v) is 16.2. The van der Waals surface area contributed by atoms with Crippen LogP contribution in [0.2, 0.25) is 0 Å². The lowest BCUT2D eigenvalue weighted by Crippen LogP contribution is -2.30. The number of urea groups is 1. The van der Waals surface area contributed by atoms with Gasteiger partial charge in [0, 0.05) is 30.2 Å². The van der Waals surface area contributed by atoms with E-state index in [0.29, 0.717) is 47.9 Å². The number of aromatic nitrogens is 2. The first-order chi connectivity index (χ1) is 14.1. The van der Waals surface area contributed by atoms with Gasteiger partial charge in [0.1, 0.15) is 0 Å². The lowest BCUT2D eigenvalue weighted by molar-refractivity contribution is 0.252. The Balaban J connectivity index is 1.46. The van der Waals surface area contributed by atoms with Crippen LogP contribution >= 0.6 is 0 Å². The molecule has 0 radical (unpaired) electrons. The highest BCUT2D eigenvalue weighted by Crippen LogP contribution is 2.29. The van der Waals surface area contributed by atoms with Crippen molar-refractivity contribution in [1.82, 2.24) is 15.5 Å². The summed E-state index contributed by atoms with van der Waals surface area (Å²) >= 11 is 0. The molecule has 0 aliphatic rings. The van der Waals surface area contributed by atoms with Crippen LogP contribution in [0, 0.1) is 0 Å². The molecule has 29 heavy (non-hydrogen) atoms. The monoisotopic (exact) mass is 397 g/mol. The molecule has 0 aliphatic carbocycles. The van der Waals surface area contributed by atoms with Gasteiger partial charge in [0.15, 0.2) is 17.3 Å². The van der Waals surface area contributed by atoms with Gasteiger partial charge in [-0.2, -0.15) is 5.10 Å². The molecule has 0 saturated heterocycles. The highest BCUT2D eigenvalue weighted by Gasteiger charge is 2.08. The molecule has 1 aromatic heterocycles. The van der Waals surface area contributed by atoms with Crippen molar-refractivity contribution < 1.29 is 14.3 Å². The van der Waals surface area contributed by atoms with Crippen LogP contribution in [0.15, 0.2) is 47.3 Å². The maximum atomic E-state index is 12.0. The fraction of sp³-hybridized carbons (Fsp3) is 0.250. The number of hydrogen-bond acceptors (Lipinski definition) is 6. The Morgan fingerprint density at radius 1 is 1.03 bits per heavy atom. The smallest absolute Gasteiger partial charge is 0.319 e. The lowest BCUT2D eigenvalue weighted by Gasteiger charge is -2.12. The molecule has 0 bridgehead atoms. The van der Waals surface area contributed by atoms with Crippen LogP contribution < -0.4 is 31.0 Å². The zero-order chi connectivity index (χ0) is 20.6. The third-order valence-electron chi connectivity index (χ3n) is 4.27. The van der Waals surface area contributed by atoms with E-state index in [1.165, 1.54) is 7.11 Å². The van der Waals surface area contributed by atoms with Crippen LogP contribution in [-0.2, 0) is 0 Å². The average molecular weight is 397 g/mol. The molecule has 1 heterocycles. The number of hydrogen-bond donors (Lipinski definition) is 4. The second-order valence-corrected chi connectivity index (χ2v) is 6.18. The van der Waals surface area contributed by atoms with Crippen molar-refractivity contribution in [3.63, 3.8) is 0 Å². The molecule has 0 fully saturated rings. The number of methoxy groups -OCH3 is 2. The van der Waals surface area contributed by atoms with Crippen molar-refractivity contribution in [1.29, 1.82) is 0 Å². The molecule has 0 spiro atoms. The Labute approximate surface area is 167 Å². The Kier molecular flexibility index (Phi) is 6.51. The molecular formula is C20H23N5O4. The van der Waals surface area contributed by atoms with E-state index >= 15 is 0 Å². The second kappa shape index (κ2) is 9.45. The summed E-state index contributed by atoms with van der Waals surface area (Å²) < 4.78 is 10.4. The van der Waals surface area contributed by atoms with Gasteiger partial charge in [0.25, 0.3) is 5.56 Å². The molecule has 0 atom stereocenters. The van der Waals surface area contributed by atoms with Crippen LogP contribution in [0.1, 0.15) is 6.42 Å². The quantitative estimate of drug-likeness (QED) is 0.434. The Bertz CT molecular complexity index is 1050. The summed E-state index contributed by atoms with van der Waals surface area (Å²) in [4.78, 5) is 23.8. The fourth-order valence-electron chi connectivity index (χ4n) is 2.84. The molecule has 3 rings (SSSR count). The number of anilines is 2. The highest BCUT2D eigenvalue weighted by atomic mass is 16.5. The summed E-state index contributed by atoms with van der Waals surface area (Å²) in [5.41, 5.74) is 0.377. The number of carbonyl (C=O) groups is 1. The first-order valence-electron chi connectivity index (χ1n) is 9.10. The Morgan fingerprint density at radius 2 is 1.79 bits per heavy atom. The summed E-state index contributed by atoms with van der Waals surface area (Å²) in [6.45, 7) is 1.05. The number of ether oxygens (including phenoxy) is 2. The molecular weight excluding hydrogens is 374 g/mol. The van der Waals surface area contributed by atoms with E-state index in [4.69, 9.17) is 9.47 Å². The number of amides is 2. The maximum Gasteiger partial charge on any atom is 0.319 e. The number of carbonyl (C=O) groups excluding carboxylic acids is 1. The fourth-order valence-corrected chi connectivity index (χ4v) is 2.84. The lowest BCUT2D eigenvalue weighted by atomic mass is 10.2.